The lowest BCUT2D eigenvalue weighted by atomic mass is 9.84. The second-order valence-corrected chi connectivity index (χ2v) is 8.17. The van der Waals surface area contributed by atoms with Crippen molar-refractivity contribution in [1.82, 2.24) is 0 Å². The van der Waals surface area contributed by atoms with Crippen molar-refractivity contribution in [3.05, 3.63) is 89.0 Å². The van der Waals surface area contributed by atoms with Gasteiger partial charge in [0.15, 0.2) is 0 Å². The Morgan fingerprint density at radius 3 is 2.33 bits per heavy atom. The van der Waals surface area contributed by atoms with Crippen LogP contribution in [0.2, 0.25) is 0 Å². The maximum absolute atomic E-state index is 12.9. The van der Waals surface area contributed by atoms with Crippen LogP contribution in [-0.2, 0) is 12.2 Å². The molecule has 0 aromatic heterocycles. The minimum atomic E-state index is -3.13. The summed E-state index contributed by atoms with van der Waals surface area (Å²) in [5.74, 6) is -6.50. The summed E-state index contributed by atoms with van der Waals surface area (Å²) in [6, 6.07) is 12.9. The summed E-state index contributed by atoms with van der Waals surface area (Å²) in [6.07, 6.45) is 3.44. The molecule has 30 heavy (non-hydrogen) atoms. The molecule has 0 aliphatic carbocycles. The first-order valence-electron chi connectivity index (χ1n) is 9.95. The molecule has 0 bridgehead atoms. The molecule has 2 atom stereocenters. The van der Waals surface area contributed by atoms with Gasteiger partial charge in [-0.25, -0.2) is 0 Å². The number of benzene rings is 2. The van der Waals surface area contributed by atoms with Crippen LogP contribution >= 0.6 is 0 Å². The number of ketones is 1. The minimum absolute atomic E-state index is 0.0285. The van der Waals surface area contributed by atoms with Crippen LogP contribution in [0, 0.1) is 5.92 Å². The highest BCUT2D eigenvalue weighted by Gasteiger charge is 2.62. The fourth-order valence-corrected chi connectivity index (χ4v) is 3.63. The normalized spacial score (nSPS) is 20.7. The molecule has 0 amide bonds. The Hall–Kier alpha value is -2.73. The average Bonchev–Trinajstić information content (AvgIpc) is 2.70. The van der Waals surface area contributed by atoms with Crippen LogP contribution in [0.15, 0.2) is 72.3 Å². The van der Waals surface area contributed by atoms with Gasteiger partial charge in [-0.2, -0.15) is 0 Å². The molecule has 2 aromatic carbocycles. The summed E-state index contributed by atoms with van der Waals surface area (Å²) >= 11 is 0. The molecule has 1 heterocycles. The zero-order valence-electron chi connectivity index (χ0n) is 17.6. The van der Waals surface area contributed by atoms with Gasteiger partial charge in [-0.15, -0.1) is 0 Å². The predicted molar refractivity (Wildman–Crippen MR) is 115 cm³/mol. The molecule has 0 spiro atoms. The fourth-order valence-electron chi connectivity index (χ4n) is 3.63. The van der Waals surface area contributed by atoms with Crippen LogP contribution in [0.1, 0.15) is 48.7 Å². The van der Waals surface area contributed by atoms with E-state index in [-0.39, 0.29) is 22.8 Å². The SMILES string of the molecule is C=C(C)C(CC=C(C)C)Cc1cccc2c1OC(O)(c1ccccc1)C(O)(O)C2=O. The number of carbonyl (C=O) groups is 1. The summed E-state index contributed by atoms with van der Waals surface area (Å²) in [6.45, 7) is 10.1. The van der Waals surface area contributed by atoms with Crippen molar-refractivity contribution < 1.29 is 24.9 Å². The van der Waals surface area contributed by atoms with E-state index >= 15 is 0 Å². The molecular weight excluding hydrogens is 380 g/mol. The highest BCUT2D eigenvalue weighted by molar-refractivity contribution is 6.05. The lowest BCUT2D eigenvalue weighted by molar-refractivity contribution is -0.328. The standard InChI is InChI=1S/C25H28O5/c1-16(2)13-14-18(17(3)4)15-19-9-8-12-21-22(19)30-25(29,24(27,28)23(21)26)20-10-6-5-7-11-20/h5-13,18,27-29H,3,14-15H2,1-2,4H3. The molecule has 3 rings (SSSR count). The van der Waals surface area contributed by atoms with E-state index < -0.39 is 17.4 Å². The molecule has 0 saturated heterocycles. The van der Waals surface area contributed by atoms with Crippen LogP contribution in [0.3, 0.4) is 0 Å². The van der Waals surface area contributed by atoms with E-state index in [1.807, 2.05) is 26.8 Å². The number of Topliss-reactive ketones (excluding diaryl/α,β-unsaturated/α-hetero) is 1. The van der Waals surface area contributed by atoms with E-state index in [0.29, 0.717) is 12.0 Å². The molecule has 1 aliphatic rings. The monoisotopic (exact) mass is 408 g/mol. The first kappa shape index (κ1) is 22.0. The molecule has 158 valence electrons. The van der Waals surface area contributed by atoms with Crippen molar-refractivity contribution >= 4 is 5.78 Å². The molecule has 2 aromatic rings. The highest BCUT2D eigenvalue weighted by atomic mass is 16.7. The number of hydrogen-bond donors (Lipinski definition) is 3. The first-order valence-corrected chi connectivity index (χ1v) is 9.95. The Morgan fingerprint density at radius 2 is 1.73 bits per heavy atom. The lowest BCUT2D eigenvalue weighted by Crippen LogP contribution is -2.63. The Balaban J connectivity index is 2.08. The Labute approximate surface area is 177 Å². The third-order valence-corrected chi connectivity index (χ3v) is 5.52. The highest BCUT2D eigenvalue weighted by Crippen LogP contribution is 2.45. The minimum Gasteiger partial charge on any atom is -0.451 e. The maximum Gasteiger partial charge on any atom is 0.301 e. The van der Waals surface area contributed by atoms with Crippen molar-refractivity contribution in [2.24, 2.45) is 5.92 Å². The fraction of sp³-hybridized carbons (Fsp3) is 0.320. The maximum atomic E-state index is 12.9. The molecule has 3 N–H and O–H groups in total. The molecule has 2 unspecified atom stereocenters. The number of para-hydroxylation sites is 1. The lowest BCUT2D eigenvalue weighted by Gasteiger charge is -2.42. The molecule has 1 aliphatic heterocycles. The molecule has 0 fully saturated rings. The van der Waals surface area contributed by atoms with E-state index in [1.54, 1.807) is 24.3 Å². The third-order valence-electron chi connectivity index (χ3n) is 5.52. The number of allylic oxidation sites excluding steroid dienone is 3. The van der Waals surface area contributed by atoms with Crippen molar-refractivity contribution in [2.75, 3.05) is 0 Å². The molecule has 0 radical (unpaired) electrons. The van der Waals surface area contributed by atoms with E-state index in [4.69, 9.17) is 4.74 Å². The second-order valence-electron chi connectivity index (χ2n) is 8.17. The number of hydrogen-bond acceptors (Lipinski definition) is 5. The Morgan fingerprint density at radius 1 is 1.07 bits per heavy atom. The van der Waals surface area contributed by atoms with Crippen LogP contribution in [0.5, 0.6) is 5.75 Å². The average molecular weight is 408 g/mol. The number of rotatable bonds is 6. The summed E-state index contributed by atoms with van der Waals surface area (Å²) < 4.78 is 5.82. The van der Waals surface area contributed by atoms with Gasteiger partial charge in [-0.1, -0.05) is 66.3 Å². The first-order chi connectivity index (χ1) is 14.1. The summed E-state index contributed by atoms with van der Waals surface area (Å²) in [4.78, 5) is 12.9. The number of aliphatic hydroxyl groups is 3. The van der Waals surface area contributed by atoms with Gasteiger partial charge in [-0.05, 0) is 51.2 Å². The van der Waals surface area contributed by atoms with Crippen molar-refractivity contribution in [3.63, 3.8) is 0 Å². The van der Waals surface area contributed by atoms with Gasteiger partial charge in [0.25, 0.3) is 5.79 Å². The van der Waals surface area contributed by atoms with Gasteiger partial charge in [0, 0.05) is 5.56 Å². The summed E-state index contributed by atoms with van der Waals surface area (Å²) in [7, 11) is 0. The number of ether oxygens (including phenoxy) is 1. The molecule has 0 saturated carbocycles. The van der Waals surface area contributed by atoms with Crippen LogP contribution < -0.4 is 4.74 Å². The number of carbonyl (C=O) groups excluding carboxylic acids is 1. The Bertz CT molecular complexity index is 986. The van der Waals surface area contributed by atoms with Gasteiger partial charge in [0.05, 0.1) is 5.56 Å². The van der Waals surface area contributed by atoms with Gasteiger partial charge < -0.3 is 20.1 Å². The number of fused-ring (bicyclic) bond motifs is 1. The quantitative estimate of drug-likeness (QED) is 0.499. The van der Waals surface area contributed by atoms with E-state index in [2.05, 4.69) is 12.7 Å². The van der Waals surface area contributed by atoms with Gasteiger partial charge in [0.2, 0.25) is 5.78 Å². The van der Waals surface area contributed by atoms with Gasteiger partial charge >= 0.3 is 5.79 Å². The Kier molecular flexibility index (Phi) is 5.99. The van der Waals surface area contributed by atoms with Gasteiger partial charge in [0.1, 0.15) is 5.75 Å². The largest absolute Gasteiger partial charge is 0.451 e. The van der Waals surface area contributed by atoms with E-state index in [0.717, 1.165) is 12.0 Å². The third kappa shape index (κ3) is 3.84. The van der Waals surface area contributed by atoms with E-state index in [1.165, 1.54) is 23.8 Å². The smallest absolute Gasteiger partial charge is 0.301 e. The molecular formula is C25H28O5. The van der Waals surface area contributed by atoms with Gasteiger partial charge in [-0.3, -0.25) is 4.79 Å². The topological polar surface area (TPSA) is 87.0 Å². The van der Waals surface area contributed by atoms with Crippen molar-refractivity contribution in [2.45, 2.75) is 45.2 Å². The van der Waals surface area contributed by atoms with Crippen molar-refractivity contribution in [1.29, 1.82) is 0 Å². The summed E-state index contributed by atoms with van der Waals surface area (Å²) in [5, 5.41) is 32.3. The summed E-state index contributed by atoms with van der Waals surface area (Å²) in [5.41, 5.74) is 2.99. The zero-order chi connectivity index (χ0) is 22.1. The van der Waals surface area contributed by atoms with Crippen LogP contribution in [0.25, 0.3) is 0 Å². The van der Waals surface area contributed by atoms with E-state index in [9.17, 15) is 20.1 Å². The molecule has 5 nitrogen and oxygen atoms in total. The molecule has 5 heteroatoms. The van der Waals surface area contributed by atoms with Crippen LogP contribution in [0.4, 0.5) is 0 Å². The van der Waals surface area contributed by atoms with Crippen molar-refractivity contribution in [3.8, 4) is 5.75 Å². The second kappa shape index (κ2) is 8.19. The predicted octanol–water partition coefficient (Wildman–Crippen LogP) is 3.88. The zero-order valence-corrected chi connectivity index (χ0v) is 17.6. The van der Waals surface area contributed by atoms with Crippen LogP contribution in [-0.4, -0.2) is 26.9 Å².